The van der Waals surface area contributed by atoms with Crippen molar-refractivity contribution in [1.29, 1.82) is 5.26 Å². The number of unbranched alkanes of at least 4 members (excludes halogenated alkanes) is 3. The van der Waals surface area contributed by atoms with Gasteiger partial charge in [-0.15, -0.1) is 0 Å². The van der Waals surface area contributed by atoms with Crippen molar-refractivity contribution in [3.8, 4) is 34.3 Å². The van der Waals surface area contributed by atoms with Gasteiger partial charge in [0.05, 0.1) is 22.9 Å². The molecule has 172 valence electrons. The SMILES string of the molecule is CCCCCCOc1nc(-c2ccc(F)cc2)c(-c2ccc(S(=O)(=O)CC)cc2)cc1C#N. The van der Waals surface area contributed by atoms with Crippen LogP contribution in [0.25, 0.3) is 22.4 Å². The Kier molecular flexibility index (Phi) is 8.18. The van der Waals surface area contributed by atoms with Crippen LogP contribution in [0.15, 0.2) is 59.5 Å². The van der Waals surface area contributed by atoms with E-state index in [4.69, 9.17) is 4.74 Å². The number of sulfone groups is 1. The molecule has 3 aromatic rings. The number of ether oxygens (including phenoxy) is 1. The fourth-order valence-corrected chi connectivity index (χ4v) is 4.32. The normalized spacial score (nSPS) is 11.2. The fourth-order valence-electron chi connectivity index (χ4n) is 3.44. The van der Waals surface area contributed by atoms with Gasteiger partial charge in [0, 0.05) is 11.1 Å². The zero-order valence-electron chi connectivity index (χ0n) is 18.8. The Morgan fingerprint density at radius 3 is 2.24 bits per heavy atom. The third kappa shape index (κ3) is 5.96. The van der Waals surface area contributed by atoms with Crippen molar-refractivity contribution in [2.75, 3.05) is 12.4 Å². The Labute approximate surface area is 194 Å². The Bertz CT molecular complexity index is 1230. The van der Waals surface area contributed by atoms with Crippen LogP contribution in [-0.4, -0.2) is 25.8 Å². The lowest BCUT2D eigenvalue weighted by molar-refractivity contribution is 0.293. The number of rotatable bonds is 10. The number of nitrogens with zero attached hydrogens (tertiary/aromatic N) is 2. The van der Waals surface area contributed by atoms with Gasteiger partial charge in [-0.25, -0.2) is 17.8 Å². The second-order valence-corrected chi connectivity index (χ2v) is 9.97. The first-order valence-electron chi connectivity index (χ1n) is 11.1. The molecule has 7 heteroatoms. The molecule has 0 bridgehead atoms. The molecule has 0 N–H and O–H groups in total. The first-order chi connectivity index (χ1) is 15.9. The van der Waals surface area contributed by atoms with E-state index in [9.17, 15) is 18.1 Å². The van der Waals surface area contributed by atoms with Crippen LogP contribution in [-0.2, 0) is 9.84 Å². The number of aromatic nitrogens is 1. The van der Waals surface area contributed by atoms with Gasteiger partial charge in [0.25, 0.3) is 0 Å². The number of halogens is 1. The van der Waals surface area contributed by atoms with E-state index in [1.54, 1.807) is 49.4 Å². The van der Waals surface area contributed by atoms with Gasteiger partial charge < -0.3 is 4.74 Å². The standard InChI is InChI=1S/C26H27FN2O3S/c1-3-5-6-7-16-32-26-21(18-28)17-24(25(29-26)20-8-12-22(27)13-9-20)19-10-14-23(15-11-19)33(30,31)4-2/h8-15,17H,3-7,16H2,1-2H3. The maximum absolute atomic E-state index is 13.5. The van der Waals surface area contributed by atoms with E-state index < -0.39 is 9.84 Å². The summed E-state index contributed by atoms with van der Waals surface area (Å²) in [5, 5.41) is 9.71. The molecule has 0 saturated carbocycles. The van der Waals surface area contributed by atoms with E-state index in [-0.39, 0.29) is 27.9 Å². The molecule has 0 aliphatic heterocycles. The highest BCUT2D eigenvalue weighted by atomic mass is 32.2. The number of pyridine rings is 1. The van der Waals surface area contributed by atoms with Crippen LogP contribution < -0.4 is 4.74 Å². The number of hydrogen-bond donors (Lipinski definition) is 0. The van der Waals surface area contributed by atoms with Crippen LogP contribution in [0.5, 0.6) is 5.88 Å². The van der Waals surface area contributed by atoms with E-state index in [0.29, 0.717) is 29.0 Å². The van der Waals surface area contributed by atoms with Gasteiger partial charge in [-0.3, -0.25) is 0 Å². The van der Waals surface area contributed by atoms with Crippen molar-refractivity contribution < 1.29 is 17.5 Å². The number of benzene rings is 2. The Morgan fingerprint density at radius 1 is 0.970 bits per heavy atom. The van der Waals surface area contributed by atoms with Gasteiger partial charge in [-0.1, -0.05) is 45.2 Å². The quantitative estimate of drug-likeness (QED) is 0.333. The van der Waals surface area contributed by atoms with E-state index in [1.807, 2.05) is 0 Å². The molecular weight excluding hydrogens is 439 g/mol. The summed E-state index contributed by atoms with van der Waals surface area (Å²) in [7, 11) is -3.33. The van der Waals surface area contributed by atoms with Crippen molar-refractivity contribution in [3.63, 3.8) is 0 Å². The molecule has 0 fully saturated rings. The molecule has 0 atom stereocenters. The minimum atomic E-state index is -3.33. The van der Waals surface area contributed by atoms with E-state index >= 15 is 0 Å². The topological polar surface area (TPSA) is 80.0 Å². The van der Waals surface area contributed by atoms with Gasteiger partial charge in [0.15, 0.2) is 9.84 Å². The molecule has 1 aromatic heterocycles. The highest BCUT2D eigenvalue weighted by Gasteiger charge is 2.18. The minimum Gasteiger partial charge on any atom is -0.477 e. The summed E-state index contributed by atoms with van der Waals surface area (Å²) in [4.78, 5) is 4.87. The third-order valence-corrected chi connectivity index (χ3v) is 7.12. The average Bonchev–Trinajstić information content (AvgIpc) is 2.84. The van der Waals surface area contributed by atoms with Crippen LogP contribution >= 0.6 is 0 Å². The van der Waals surface area contributed by atoms with E-state index in [2.05, 4.69) is 18.0 Å². The summed E-state index contributed by atoms with van der Waals surface area (Å²) in [5.41, 5.74) is 2.82. The molecule has 0 saturated heterocycles. The van der Waals surface area contributed by atoms with Crippen molar-refractivity contribution in [2.45, 2.75) is 44.4 Å². The molecule has 0 spiro atoms. The van der Waals surface area contributed by atoms with Gasteiger partial charge in [0.2, 0.25) is 5.88 Å². The molecule has 0 aliphatic carbocycles. The predicted octanol–water partition coefficient (Wildman–Crippen LogP) is 6.18. The molecule has 0 amide bonds. The van der Waals surface area contributed by atoms with Crippen molar-refractivity contribution >= 4 is 9.84 Å². The molecule has 0 unspecified atom stereocenters. The third-order valence-electron chi connectivity index (χ3n) is 5.37. The van der Waals surface area contributed by atoms with Gasteiger partial charge >= 0.3 is 0 Å². The second kappa shape index (κ2) is 11.1. The number of nitriles is 1. The first kappa shape index (κ1) is 24.4. The smallest absolute Gasteiger partial charge is 0.232 e. The molecule has 0 aliphatic rings. The van der Waals surface area contributed by atoms with E-state index in [1.165, 1.54) is 12.1 Å². The summed E-state index contributed by atoms with van der Waals surface area (Å²) in [6.07, 6.45) is 4.13. The van der Waals surface area contributed by atoms with E-state index in [0.717, 1.165) is 25.7 Å². The Balaban J connectivity index is 2.06. The highest BCUT2D eigenvalue weighted by molar-refractivity contribution is 7.91. The van der Waals surface area contributed by atoms with Crippen molar-refractivity contribution in [3.05, 3.63) is 66.0 Å². The molecule has 2 aromatic carbocycles. The minimum absolute atomic E-state index is 0.0115. The van der Waals surface area contributed by atoms with Crippen molar-refractivity contribution in [1.82, 2.24) is 4.98 Å². The Hall–Kier alpha value is -3.24. The monoisotopic (exact) mass is 466 g/mol. The molecule has 1 heterocycles. The molecule has 3 rings (SSSR count). The Morgan fingerprint density at radius 2 is 1.64 bits per heavy atom. The van der Waals surface area contributed by atoms with Crippen LogP contribution in [0, 0.1) is 17.1 Å². The second-order valence-electron chi connectivity index (χ2n) is 7.69. The zero-order chi connectivity index (χ0) is 23.8. The summed E-state index contributed by atoms with van der Waals surface area (Å²) >= 11 is 0. The first-order valence-corrected chi connectivity index (χ1v) is 12.7. The van der Waals surface area contributed by atoms with Crippen molar-refractivity contribution in [2.24, 2.45) is 0 Å². The largest absolute Gasteiger partial charge is 0.477 e. The molecule has 0 radical (unpaired) electrons. The van der Waals surface area contributed by atoms with Gasteiger partial charge in [0.1, 0.15) is 17.4 Å². The fraction of sp³-hybridized carbons (Fsp3) is 0.308. The molecule has 33 heavy (non-hydrogen) atoms. The van der Waals surface area contributed by atoms with Crippen LogP contribution in [0.1, 0.15) is 45.1 Å². The predicted molar refractivity (Wildman–Crippen MR) is 127 cm³/mol. The summed E-state index contributed by atoms with van der Waals surface area (Å²) < 4.78 is 43.7. The van der Waals surface area contributed by atoms with Gasteiger partial charge in [-0.05, 0) is 54.4 Å². The maximum atomic E-state index is 13.5. The number of hydrogen-bond acceptors (Lipinski definition) is 5. The maximum Gasteiger partial charge on any atom is 0.232 e. The molecule has 5 nitrogen and oxygen atoms in total. The molecular formula is C26H27FN2O3S. The van der Waals surface area contributed by atoms with Crippen LogP contribution in [0.3, 0.4) is 0 Å². The summed E-state index contributed by atoms with van der Waals surface area (Å²) in [5.74, 6) is -0.116. The summed E-state index contributed by atoms with van der Waals surface area (Å²) in [6, 6.07) is 16.3. The van der Waals surface area contributed by atoms with Gasteiger partial charge in [-0.2, -0.15) is 5.26 Å². The lowest BCUT2D eigenvalue weighted by atomic mass is 9.98. The van der Waals surface area contributed by atoms with Crippen LogP contribution in [0.4, 0.5) is 4.39 Å². The lowest BCUT2D eigenvalue weighted by Gasteiger charge is -2.14. The summed E-state index contributed by atoms with van der Waals surface area (Å²) in [6.45, 7) is 4.18. The van der Waals surface area contributed by atoms with Crippen LogP contribution in [0.2, 0.25) is 0 Å². The average molecular weight is 467 g/mol. The highest BCUT2D eigenvalue weighted by Crippen LogP contribution is 2.35. The zero-order valence-corrected chi connectivity index (χ0v) is 19.7. The lowest BCUT2D eigenvalue weighted by Crippen LogP contribution is -2.04.